The van der Waals surface area contributed by atoms with E-state index in [0.29, 0.717) is 13.0 Å². The molecule has 1 aliphatic carbocycles. The van der Waals surface area contributed by atoms with Crippen molar-refractivity contribution in [2.24, 2.45) is 5.73 Å². The predicted molar refractivity (Wildman–Crippen MR) is 70.8 cm³/mol. The molecule has 4 heteroatoms. The summed E-state index contributed by atoms with van der Waals surface area (Å²) in [5, 5.41) is 2.92. The first kappa shape index (κ1) is 13.0. The molecule has 1 aromatic rings. The lowest BCUT2D eigenvalue weighted by Crippen LogP contribution is -2.49. The van der Waals surface area contributed by atoms with Gasteiger partial charge in [0.05, 0.1) is 12.2 Å². The van der Waals surface area contributed by atoms with Crippen LogP contribution in [0.25, 0.3) is 0 Å². The van der Waals surface area contributed by atoms with Gasteiger partial charge >= 0.3 is 0 Å². The van der Waals surface area contributed by atoms with Crippen molar-refractivity contribution in [1.29, 1.82) is 0 Å². The number of aryl methyl sites for hydroxylation is 1. The van der Waals surface area contributed by atoms with Crippen molar-refractivity contribution in [3.8, 4) is 0 Å². The fraction of sp³-hybridized carbons (Fsp3) is 0.571. The number of hydrogen-bond donors (Lipinski definition) is 2. The second kappa shape index (κ2) is 5.48. The number of amides is 1. The molecule has 0 spiro atoms. The van der Waals surface area contributed by atoms with Gasteiger partial charge in [0, 0.05) is 18.2 Å². The molecule has 1 fully saturated rings. The molecule has 0 atom stereocenters. The average molecular weight is 247 g/mol. The number of nitrogens with two attached hydrogens (primary N) is 1. The van der Waals surface area contributed by atoms with E-state index >= 15 is 0 Å². The summed E-state index contributed by atoms with van der Waals surface area (Å²) >= 11 is 0. The van der Waals surface area contributed by atoms with Gasteiger partial charge in [-0.05, 0) is 37.3 Å². The SMILES string of the molecule is CCc1cccnc1CNC(=O)CC1(N)CCC1. The summed E-state index contributed by atoms with van der Waals surface area (Å²) in [5.41, 5.74) is 7.94. The molecule has 0 radical (unpaired) electrons. The van der Waals surface area contributed by atoms with Crippen LogP contribution in [0.15, 0.2) is 18.3 Å². The molecule has 0 bridgehead atoms. The number of carbonyl (C=O) groups excluding carboxylic acids is 1. The molecular formula is C14H21N3O. The molecule has 0 aliphatic heterocycles. The van der Waals surface area contributed by atoms with E-state index in [0.717, 1.165) is 31.4 Å². The van der Waals surface area contributed by atoms with E-state index < -0.39 is 0 Å². The molecule has 1 saturated carbocycles. The molecule has 18 heavy (non-hydrogen) atoms. The quantitative estimate of drug-likeness (QED) is 0.829. The van der Waals surface area contributed by atoms with E-state index in [1.807, 2.05) is 12.1 Å². The second-order valence-corrected chi connectivity index (χ2v) is 5.13. The highest BCUT2D eigenvalue weighted by Gasteiger charge is 2.34. The molecular weight excluding hydrogens is 226 g/mol. The Balaban J connectivity index is 1.85. The third-order valence-electron chi connectivity index (χ3n) is 3.68. The zero-order chi connectivity index (χ0) is 13.0. The van der Waals surface area contributed by atoms with Crippen LogP contribution in [0.3, 0.4) is 0 Å². The van der Waals surface area contributed by atoms with Crippen LogP contribution in [0, 0.1) is 0 Å². The van der Waals surface area contributed by atoms with E-state index in [9.17, 15) is 4.79 Å². The van der Waals surface area contributed by atoms with E-state index in [2.05, 4.69) is 17.2 Å². The van der Waals surface area contributed by atoms with Gasteiger partial charge in [0.2, 0.25) is 5.91 Å². The van der Waals surface area contributed by atoms with Crippen LogP contribution in [-0.2, 0) is 17.8 Å². The summed E-state index contributed by atoms with van der Waals surface area (Å²) in [7, 11) is 0. The van der Waals surface area contributed by atoms with Crippen molar-refractivity contribution in [2.45, 2.75) is 51.1 Å². The van der Waals surface area contributed by atoms with Crippen molar-refractivity contribution in [2.75, 3.05) is 0 Å². The molecule has 0 saturated heterocycles. The van der Waals surface area contributed by atoms with Gasteiger partial charge < -0.3 is 11.1 Å². The zero-order valence-corrected chi connectivity index (χ0v) is 10.9. The van der Waals surface area contributed by atoms with Crippen LogP contribution in [0.1, 0.15) is 43.9 Å². The number of aromatic nitrogens is 1. The highest BCUT2D eigenvalue weighted by atomic mass is 16.1. The lowest BCUT2D eigenvalue weighted by atomic mass is 9.75. The second-order valence-electron chi connectivity index (χ2n) is 5.13. The van der Waals surface area contributed by atoms with E-state index in [4.69, 9.17) is 5.73 Å². The van der Waals surface area contributed by atoms with E-state index in [-0.39, 0.29) is 11.4 Å². The first-order valence-corrected chi connectivity index (χ1v) is 6.61. The molecule has 2 rings (SSSR count). The van der Waals surface area contributed by atoms with Crippen molar-refractivity contribution >= 4 is 5.91 Å². The summed E-state index contributed by atoms with van der Waals surface area (Å²) in [4.78, 5) is 16.1. The minimum absolute atomic E-state index is 0.0323. The van der Waals surface area contributed by atoms with Crippen molar-refractivity contribution in [3.05, 3.63) is 29.6 Å². The van der Waals surface area contributed by atoms with Gasteiger partial charge in [0.1, 0.15) is 0 Å². The largest absolute Gasteiger partial charge is 0.350 e. The molecule has 4 nitrogen and oxygen atoms in total. The first-order valence-electron chi connectivity index (χ1n) is 6.61. The maximum atomic E-state index is 11.8. The molecule has 1 heterocycles. The highest BCUT2D eigenvalue weighted by molar-refractivity contribution is 5.77. The maximum absolute atomic E-state index is 11.8. The minimum Gasteiger partial charge on any atom is -0.350 e. The van der Waals surface area contributed by atoms with Crippen molar-refractivity contribution in [3.63, 3.8) is 0 Å². The highest BCUT2D eigenvalue weighted by Crippen LogP contribution is 2.31. The molecule has 1 amide bonds. The number of nitrogens with zero attached hydrogens (tertiary/aromatic N) is 1. The van der Waals surface area contributed by atoms with E-state index in [1.165, 1.54) is 5.56 Å². The number of rotatable bonds is 5. The Morgan fingerprint density at radius 2 is 2.33 bits per heavy atom. The molecule has 1 aliphatic rings. The Bertz CT molecular complexity index is 427. The Morgan fingerprint density at radius 1 is 1.56 bits per heavy atom. The van der Waals surface area contributed by atoms with Gasteiger partial charge in [0.15, 0.2) is 0 Å². The lowest BCUT2D eigenvalue weighted by molar-refractivity contribution is -0.123. The summed E-state index contributed by atoms with van der Waals surface area (Å²) in [6, 6.07) is 3.97. The van der Waals surface area contributed by atoms with Gasteiger partial charge in [-0.25, -0.2) is 0 Å². The summed E-state index contributed by atoms with van der Waals surface area (Å²) in [6.07, 6.45) is 6.19. The Labute approximate surface area is 108 Å². The summed E-state index contributed by atoms with van der Waals surface area (Å²) < 4.78 is 0. The monoisotopic (exact) mass is 247 g/mol. The number of nitrogens with one attached hydrogen (secondary N) is 1. The van der Waals surface area contributed by atoms with Crippen LogP contribution in [-0.4, -0.2) is 16.4 Å². The molecule has 1 aromatic heterocycles. The molecule has 3 N–H and O–H groups in total. The lowest BCUT2D eigenvalue weighted by Gasteiger charge is -2.37. The normalized spacial score (nSPS) is 17.0. The zero-order valence-electron chi connectivity index (χ0n) is 10.9. The average Bonchev–Trinajstić information content (AvgIpc) is 2.34. The van der Waals surface area contributed by atoms with Gasteiger partial charge in [-0.3, -0.25) is 9.78 Å². The first-order chi connectivity index (χ1) is 8.63. The fourth-order valence-electron chi connectivity index (χ4n) is 2.32. The Kier molecular flexibility index (Phi) is 3.97. The number of hydrogen-bond acceptors (Lipinski definition) is 3. The van der Waals surface area contributed by atoms with Crippen LogP contribution >= 0.6 is 0 Å². The van der Waals surface area contributed by atoms with Crippen LogP contribution in [0.4, 0.5) is 0 Å². The third kappa shape index (κ3) is 3.07. The van der Waals surface area contributed by atoms with Crippen molar-refractivity contribution in [1.82, 2.24) is 10.3 Å². The van der Waals surface area contributed by atoms with Gasteiger partial charge in [-0.1, -0.05) is 13.0 Å². The smallest absolute Gasteiger partial charge is 0.222 e. The fourth-order valence-corrected chi connectivity index (χ4v) is 2.32. The van der Waals surface area contributed by atoms with Crippen LogP contribution in [0.5, 0.6) is 0 Å². The topological polar surface area (TPSA) is 68.0 Å². The standard InChI is InChI=1S/C14H21N3O/c1-2-11-5-3-8-16-12(11)10-17-13(18)9-14(15)6-4-7-14/h3,5,8H,2,4,6-7,9-10,15H2,1H3,(H,17,18). The minimum atomic E-state index is -0.248. The van der Waals surface area contributed by atoms with Crippen molar-refractivity contribution < 1.29 is 4.79 Å². The number of pyridine rings is 1. The third-order valence-corrected chi connectivity index (χ3v) is 3.68. The predicted octanol–water partition coefficient (Wildman–Crippen LogP) is 1.53. The molecule has 0 unspecified atom stereocenters. The van der Waals surface area contributed by atoms with Gasteiger partial charge in [-0.2, -0.15) is 0 Å². The Hall–Kier alpha value is -1.42. The number of carbonyl (C=O) groups is 1. The summed E-state index contributed by atoms with van der Waals surface area (Å²) in [6.45, 7) is 2.59. The summed E-state index contributed by atoms with van der Waals surface area (Å²) in [5.74, 6) is 0.0323. The van der Waals surface area contributed by atoms with Crippen LogP contribution in [0.2, 0.25) is 0 Å². The van der Waals surface area contributed by atoms with Gasteiger partial charge in [0.25, 0.3) is 0 Å². The van der Waals surface area contributed by atoms with E-state index in [1.54, 1.807) is 6.20 Å². The van der Waals surface area contributed by atoms with Crippen LogP contribution < -0.4 is 11.1 Å². The van der Waals surface area contributed by atoms with Gasteiger partial charge in [-0.15, -0.1) is 0 Å². The Morgan fingerprint density at radius 3 is 2.94 bits per heavy atom. The maximum Gasteiger partial charge on any atom is 0.222 e. The molecule has 98 valence electrons. The molecule has 0 aromatic carbocycles.